The summed E-state index contributed by atoms with van der Waals surface area (Å²) in [5, 5.41) is 10.6. The molecule has 0 unspecified atom stereocenters. The number of aromatic nitrogens is 1. The van der Waals surface area contributed by atoms with Gasteiger partial charge < -0.3 is 14.7 Å². The predicted octanol–water partition coefficient (Wildman–Crippen LogP) is 2.34. The van der Waals surface area contributed by atoms with Crippen LogP contribution in [0.2, 0.25) is 0 Å². The molecule has 0 aliphatic carbocycles. The molecular weight excluding hydrogens is 252 g/mol. The van der Waals surface area contributed by atoms with Crippen molar-refractivity contribution in [3.05, 3.63) is 36.0 Å². The summed E-state index contributed by atoms with van der Waals surface area (Å²) in [7, 11) is 2.12. The number of aliphatic hydroxyl groups is 1. The predicted molar refractivity (Wildman–Crippen MR) is 79.9 cm³/mol. The Balaban J connectivity index is 2.04. The monoisotopic (exact) mass is 272 g/mol. The van der Waals surface area contributed by atoms with E-state index in [1.165, 1.54) is 0 Å². The van der Waals surface area contributed by atoms with Gasteiger partial charge in [-0.25, -0.2) is 0 Å². The lowest BCUT2D eigenvalue weighted by molar-refractivity contribution is 0.0855. The summed E-state index contributed by atoms with van der Waals surface area (Å²) in [5.74, 6) is 0. The highest BCUT2D eigenvalue weighted by molar-refractivity contribution is 5.92. The van der Waals surface area contributed by atoms with E-state index in [1.807, 2.05) is 24.3 Å². The molecule has 0 saturated carbocycles. The topological polar surface area (TPSA) is 45.6 Å². The zero-order valence-electron chi connectivity index (χ0n) is 11.7. The van der Waals surface area contributed by atoms with Gasteiger partial charge in [0.1, 0.15) is 0 Å². The lowest BCUT2D eigenvalue weighted by Crippen LogP contribution is -2.36. The van der Waals surface area contributed by atoms with Crippen LogP contribution in [0.1, 0.15) is 18.5 Å². The van der Waals surface area contributed by atoms with E-state index in [1.54, 1.807) is 0 Å². The molecule has 2 aromatic rings. The molecule has 0 atom stereocenters. The van der Waals surface area contributed by atoms with Gasteiger partial charge >= 0.3 is 0 Å². The third-order valence-corrected chi connectivity index (χ3v) is 4.03. The van der Waals surface area contributed by atoms with Gasteiger partial charge in [-0.15, -0.1) is 0 Å². The third-order valence-electron chi connectivity index (χ3n) is 4.03. The standard InChI is InChI=1S/C16H20N2O2/c1-18(13-6-8-20-9-7-13)16-10-12(11-19)17-15-5-3-2-4-14(15)16/h2-5,10,13,19H,6-9,11H2,1H3. The minimum Gasteiger partial charge on any atom is -0.390 e. The summed E-state index contributed by atoms with van der Waals surface area (Å²) in [6.07, 6.45) is 2.09. The van der Waals surface area contributed by atoms with E-state index in [2.05, 4.69) is 23.0 Å². The van der Waals surface area contributed by atoms with Crippen molar-refractivity contribution < 1.29 is 9.84 Å². The summed E-state index contributed by atoms with van der Waals surface area (Å²) in [4.78, 5) is 6.79. The van der Waals surface area contributed by atoms with E-state index in [0.717, 1.165) is 48.3 Å². The van der Waals surface area contributed by atoms with Gasteiger partial charge in [-0.05, 0) is 25.0 Å². The van der Waals surface area contributed by atoms with Crippen LogP contribution in [0.5, 0.6) is 0 Å². The third kappa shape index (κ3) is 2.49. The van der Waals surface area contributed by atoms with Crippen LogP contribution in [-0.2, 0) is 11.3 Å². The molecule has 1 N–H and O–H groups in total. The van der Waals surface area contributed by atoms with Crippen molar-refractivity contribution in [1.82, 2.24) is 4.98 Å². The molecule has 1 aliphatic rings. The number of hydrogen-bond donors (Lipinski definition) is 1. The number of rotatable bonds is 3. The Morgan fingerprint density at radius 1 is 1.30 bits per heavy atom. The number of benzene rings is 1. The summed E-state index contributed by atoms with van der Waals surface area (Å²) >= 11 is 0. The molecule has 0 radical (unpaired) electrons. The minimum absolute atomic E-state index is 0.0283. The van der Waals surface area contributed by atoms with Crippen LogP contribution in [0, 0.1) is 0 Å². The molecule has 0 spiro atoms. The number of anilines is 1. The number of fused-ring (bicyclic) bond motifs is 1. The van der Waals surface area contributed by atoms with E-state index in [-0.39, 0.29) is 6.61 Å². The Labute approximate surface area is 119 Å². The van der Waals surface area contributed by atoms with Crippen LogP contribution in [0.15, 0.2) is 30.3 Å². The Morgan fingerprint density at radius 2 is 2.05 bits per heavy atom. The molecule has 1 aromatic heterocycles. The van der Waals surface area contributed by atoms with Gasteiger partial charge in [0.25, 0.3) is 0 Å². The molecule has 106 valence electrons. The van der Waals surface area contributed by atoms with Crippen molar-refractivity contribution in [1.29, 1.82) is 0 Å². The molecule has 0 amide bonds. The highest BCUT2D eigenvalue weighted by Gasteiger charge is 2.20. The molecule has 2 heterocycles. The number of ether oxygens (including phenoxy) is 1. The fourth-order valence-corrected chi connectivity index (χ4v) is 2.85. The second-order valence-corrected chi connectivity index (χ2v) is 5.26. The molecule has 20 heavy (non-hydrogen) atoms. The minimum atomic E-state index is -0.0283. The fourth-order valence-electron chi connectivity index (χ4n) is 2.85. The van der Waals surface area contributed by atoms with Gasteiger partial charge in [0.15, 0.2) is 0 Å². The molecule has 0 bridgehead atoms. The number of aliphatic hydroxyl groups excluding tert-OH is 1. The molecule has 3 rings (SSSR count). The SMILES string of the molecule is CN(c1cc(CO)nc2ccccc12)C1CCOCC1. The number of nitrogens with zero attached hydrogens (tertiary/aromatic N) is 2. The Morgan fingerprint density at radius 3 is 2.80 bits per heavy atom. The van der Waals surface area contributed by atoms with Gasteiger partial charge in [-0.2, -0.15) is 0 Å². The fraction of sp³-hybridized carbons (Fsp3) is 0.438. The molecule has 1 fully saturated rings. The van der Waals surface area contributed by atoms with Crippen molar-refractivity contribution in [3.8, 4) is 0 Å². The maximum absolute atomic E-state index is 9.41. The quantitative estimate of drug-likeness (QED) is 0.931. The number of hydrogen-bond acceptors (Lipinski definition) is 4. The van der Waals surface area contributed by atoms with Gasteiger partial charge in [0.2, 0.25) is 0 Å². The van der Waals surface area contributed by atoms with Gasteiger partial charge in [-0.1, -0.05) is 18.2 Å². The zero-order chi connectivity index (χ0) is 13.9. The van der Waals surface area contributed by atoms with Crippen molar-refractivity contribution in [3.63, 3.8) is 0 Å². The lowest BCUT2D eigenvalue weighted by atomic mass is 10.0. The summed E-state index contributed by atoms with van der Waals surface area (Å²) in [6, 6.07) is 10.6. The van der Waals surface area contributed by atoms with E-state index in [9.17, 15) is 5.11 Å². The first-order valence-corrected chi connectivity index (χ1v) is 7.09. The largest absolute Gasteiger partial charge is 0.390 e. The zero-order valence-corrected chi connectivity index (χ0v) is 11.7. The smallest absolute Gasteiger partial charge is 0.0854 e. The first-order valence-electron chi connectivity index (χ1n) is 7.09. The summed E-state index contributed by atoms with van der Waals surface area (Å²) in [5.41, 5.74) is 2.80. The van der Waals surface area contributed by atoms with Crippen LogP contribution >= 0.6 is 0 Å². The van der Waals surface area contributed by atoms with Crippen molar-refractivity contribution in [2.75, 3.05) is 25.2 Å². The van der Waals surface area contributed by atoms with Crippen molar-refractivity contribution in [2.24, 2.45) is 0 Å². The van der Waals surface area contributed by atoms with E-state index < -0.39 is 0 Å². The molecule has 1 saturated heterocycles. The van der Waals surface area contributed by atoms with Crippen LogP contribution in [0.3, 0.4) is 0 Å². The Bertz CT molecular complexity index is 594. The van der Waals surface area contributed by atoms with E-state index in [4.69, 9.17) is 4.74 Å². The highest BCUT2D eigenvalue weighted by Crippen LogP contribution is 2.29. The summed E-state index contributed by atoms with van der Waals surface area (Å²) < 4.78 is 5.44. The Hall–Kier alpha value is -1.65. The van der Waals surface area contributed by atoms with Crippen molar-refractivity contribution in [2.45, 2.75) is 25.5 Å². The van der Waals surface area contributed by atoms with E-state index in [0.29, 0.717) is 6.04 Å². The number of pyridine rings is 1. The lowest BCUT2D eigenvalue weighted by Gasteiger charge is -2.33. The highest BCUT2D eigenvalue weighted by atomic mass is 16.5. The Kier molecular flexibility index (Phi) is 3.85. The average molecular weight is 272 g/mol. The normalized spacial score (nSPS) is 16.5. The number of para-hydroxylation sites is 1. The molecule has 1 aliphatic heterocycles. The van der Waals surface area contributed by atoms with E-state index >= 15 is 0 Å². The molecule has 4 nitrogen and oxygen atoms in total. The van der Waals surface area contributed by atoms with Gasteiger partial charge in [-0.3, -0.25) is 4.98 Å². The van der Waals surface area contributed by atoms with Crippen LogP contribution in [0.4, 0.5) is 5.69 Å². The maximum atomic E-state index is 9.41. The molecule has 4 heteroatoms. The molecule has 1 aromatic carbocycles. The second kappa shape index (κ2) is 5.77. The first-order chi connectivity index (χ1) is 9.79. The van der Waals surface area contributed by atoms with Crippen LogP contribution in [0.25, 0.3) is 10.9 Å². The van der Waals surface area contributed by atoms with Gasteiger partial charge in [0.05, 0.1) is 17.8 Å². The average Bonchev–Trinajstić information content (AvgIpc) is 2.54. The van der Waals surface area contributed by atoms with Crippen LogP contribution in [-0.4, -0.2) is 36.4 Å². The molecular formula is C16H20N2O2. The second-order valence-electron chi connectivity index (χ2n) is 5.26. The van der Waals surface area contributed by atoms with Crippen molar-refractivity contribution >= 4 is 16.6 Å². The van der Waals surface area contributed by atoms with Gasteiger partial charge in [0, 0.05) is 37.4 Å². The first kappa shape index (κ1) is 13.3. The summed E-state index contributed by atoms with van der Waals surface area (Å²) in [6.45, 7) is 1.62. The maximum Gasteiger partial charge on any atom is 0.0854 e. The van der Waals surface area contributed by atoms with Crippen LogP contribution < -0.4 is 4.90 Å².